The Hall–Kier alpha value is -3.95. The Bertz CT molecular complexity index is 1400. The first-order valence-electron chi connectivity index (χ1n) is 11.0. The van der Waals surface area contributed by atoms with Gasteiger partial charge in [-0.25, -0.2) is 4.90 Å². The summed E-state index contributed by atoms with van der Waals surface area (Å²) in [4.78, 5) is 44.4. The first kappa shape index (κ1) is 19.7. The van der Waals surface area contributed by atoms with Gasteiger partial charge in [0.15, 0.2) is 0 Å². The summed E-state index contributed by atoms with van der Waals surface area (Å²) in [7, 11) is 0. The smallest absolute Gasteiger partial charge is 0.253 e. The molecule has 6 nitrogen and oxygen atoms in total. The Morgan fingerprint density at radius 3 is 2.45 bits per heavy atom. The lowest BCUT2D eigenvalue weighted by atomic mass is 9.76. The Labute approximate surface area is 191 Å². The number of terminal acetylenes is 1. The Kier molecular flexibility index (Phi) is 4.05. The van der Waals surface area contributed by atoms with Crippen LogP contribution in [-0.2, 0) is 19.9 Å². The van der Waals surface area contributed by atoms with E-state index in [1.54, 1.807) is 6.07 Å². The van der Waals surface area contributed by atoms with E-state index in [0.29, 0.717) is 16.9 Å². The molecule has 0 saturated carbocycles. The lowest BCUT2D eigenvalue weighted by molar-refractivity contribution is -0.132. The van der Waals surface area contributed by atoms with Crippen LogP contribution in [0.3, 0.4) is 0 Å². The molecule has 3 aliphatic heterocycles. The molecular weight excluding hydrogens is 414 g/mol. The van der Waals surface area contributed by atoms with Crippen LogP contribution in [0, 0.1) is 24.2 Å². The standard InChI is InChI=1S/C27H21N3O3/c1-3-15-29-21-13-7-6-12-19(21)27(26(29)33)23-22(16(2)28-27)24(31)30(25(23)32)20-14-8-10-17-9-4-5-11-18(17)20/h1,4-14,16,22-23,28H,15H2,2H3/t16-,22+,23+,27+/m1/s1. The Balaban J connectivity index is 1.54. The van der Waals surface area contributed by atoms with Crippen LogP contribution in [0.4, 0.5) is 11.4 Å². The third-order valence-corrected chi connectivity index (χ3v) is 7.27. The van der Waals surface area contributed by atoms with E-state index in [2.05, 4.69) is 11.2 Å². The summed E-state index contributed by atoms with van der Waals surface area (Å²) in [5, 5.41) is 5.13. The van der Waals surface area contributed by atoms with Gasteiger partial charge in [0.1, 0.15) is 5.54 Å². The molecule has 0 radical (unpaired) electrons. The second-order valence-corrected chi connectivity index (χ2v) is 8.87. The summed E-state index contributed by atoms with van der Waals surface area (Å²) in [6.45, 7) is 1.96. The number of para-hydroxylation sites is 1. The minimum Gasteiger partial charge on any atom is -0.298 e. The van der Waals surface area contributed by atoms with Gasteiger partial charge in [0, 0.05) is 17.0 Å². The number of amides is 3. The van der Waals surface area contributed by atoms with Crippen molar-refractivity contribution in [3.8, 4) is 12.3 Å². The van der Waals surface area contributed by atoms with Crippen molar-refractivity contribution in [1.82, 2.24) is 5.32 Å². The molecule has 1 N–H and O–H groups in total. The topological polar surface area (TPSA) is 69.7 Å². The average molecular weight is 435 g/mol. The van der Waals surface area contributed by atoms with Crippen LogP contribution < -0.4 is 15.1 Å². The van der Waals surface area contributed by atoms with Crippen LogP contribution in [0.15, 0.2) is 66.7 Å². The average Bonchev–Trinajstić information content (AvgIpc) is 3.37. The lowest BCUT2D eigenvalue weighted by Crippen LogP contribution is -2.55. The van der Waals surface area contributed by atoms with Crippen molar-refractivity contribution in [3.63, 3.8) is 0 Å². The molecule has 2 fully saturated rings. The number of benzene rings is 3. The van der Waals surface area contributed by atoms with Gasteiger partial charge in [0.05, 0.1) is 29.8 Å². The highest BCUT2D eigenvalue weighted by molar-refractivity contribution is 6.28. The highest BCUT2D eigenvalue weighted by Gasteiger charge is 2.71. The first-order chi connectivity index (χ1) is 16.0. The molecule has 33 heavy (non-hydrogen) atoms. The molecule has 6 heteroatoms. The number of anilines is 2. The van der Waals surface area contributed by atoms with Crippen LogP contribution in [-0.4, -0.2) is 30.3 Å². The molecule has 3 aliphatic rings. The van der Waals surface area contributed by atoms with Crippen molar-refractivity contribution in [2.24, 2.45) is 11.8 Å². The van der Waals surface area contributed by atoms with Gasteiger partial charge in [-0.2, -0.15) is 0 Å². The van der Waals surface area contributed by atoms with E-state index in [9.17, 15) is 14.4 Å². The molecule has 0 bridgehead atoms. The van der Waals surface area contributed by atoms with Crippen LogP contribution in [0.5, 0.6) is 0 Å². The number of carbonyl (C=O) groups is 3. The van der Waals surface area contributed by atoms with E-state index >= 15 is 0 Å². The number of imide groups is 1. The second kappa shape index (κ2) is 6.77. The van der Waals surface area contributed by atoms with E-state index in [0.717, 1.165) is 10.8 Å². The van der Waals surface area contributed by atoms with Crippen molar-refractivity contribution in [2.45, 2.75) is 18.5 Å². The largest absolute Gasteiger partial charge is 0.298 e. The van der Waals surface area contributed by atoms with Crippen LogP contribution in [0.2, 0.25) is 0 Å². The number of hydrogen-bond acceptors (Lipinski definition) is 4. The zero-order chi connectivity index (χ0) is 22.9. The maximum atomic E-state index is 14.0. The molecule has 0 aliphatic carbocycles. The van der Waals surface area contributed by atoms with Gasteiger partial charge in [-0.15, -0.1) is 6.42 Å². The van der Waals surface area contributed by atoms with Crippen molar-refractivity contribution in [1.29, 1.82) is 0 Å². The van der Waals surface area contributed by atoms with Crippen molar-refractivity contribution in [2.75, 3.05) is 16.3 Å². The van der Waals surface area contributed by atoms with E-state index in [1.807, 2.05) is 67.6 Å². The summed E-state index contributed by atoms with van der Waals surface area (Å²) in [6.07, 6.45) is 5.56. The van der Waals surface area contributed by atoms with Gasteiger partial charge in [-0.3, -0.25) is 24.6 Å². The van der Waals surface area contributed by atoms with Crippen molar-refractivity contribution in [3.05, 3.63) is 72.3 Å². The summed E-state index contributed by atoms with van der Waals surface area (Å²) >= 11 is 0. The van der Waals surface area contributed by atoms with Gasteiger partial charge >= 0.3 is 0 Å². The van der Waals surface area contributed by atoms with Crippen LogP contribution >= 0.6 is 0 Å². The minimum absolute atomic E-state index is 0.0974. The third kappa shape index (κ3) is 2.35. The summed E-state index contributed by atoms with van der Waals surface area (Å²) in [5.41, 5.74) is 0.623. The van der Waals surface area contributed by atoms with Gasteiger partial charge in [0.2, 0.25) is 11.8 Å². The highest BCUT2D eigenvalue weighted by Crippen LogP contribution is 2.55. The molecule has 3 amide bonds. The molecule has 6 rings (SSSR count). The number of carbonyl (C=O) groups excluding carboxylic acids is 3. The molecular formula is C27H21N3O3. The second-order valence-electron chi connectivity index (χ2n) is 8.87. The number of nitrogens with zero attached hydrogens (tertiary/aromatic N) is 2. The number of rotatable bonds is 2. The summed E-state index contributed by atoms with van der Waals surface area (Å²) in [5.74, 6) is 0.131. The molecule has 4 atom stereocenters. The fraction of sp³-hybridized carbons (Fsp3) is 0.222. The Morgan fingerprint density at radius 2 is 1.64 bits per heavy atom. The Morgan fingerprint density at radius 1 is 0.939 bits per heavy atom. The van der Waals surface area contributed by atoms with E-state index in [-0.39, 0.29) is 30.3 Å². The van der Waals surface area contributed by atoms with E-state index in [4.69, 9.17) is 6.42 Å². The molecule has 2 saturated heterocycles. The van der Waals surface area contributed by atoms with Crippen molar-refractivity contribution < 1.29 is 14.4 Å². The number of nitrogens with one attached hydrogen (secondary N) is 1. The zero-order valence-electron chi connectivity index (χ0n) is 18.0. The molecule has 0 unspecified atom stereocenters. The maximum Gasteiger partial charge on any atom is 0.253 e. The van der Waals surface area contributed by atoms with Crippen LogP contribution in [0.1, 0.15) is 12.5 Å². The fourth-order valence-electron chi connectivity index (χ4n) is 6.00. The predicted molar refractivity (Wildman–Crippen MR) is 125 cm³/mol. The maximum absolute atomic E-state index is 14.0. The van der Waals surface area contributed by atoms with Gasteiger partial charge in [0.25, 0.3) is 5.91 Å². The summed E-state index contributed by atoms with van der Waals surface area (Å²) < 4.78 is 0. The molecule has 1 spiro atoms. The summed E-state index contributed by atoms with van der Waals surface area (Å²) in [6, 6.07) is 20.2. The van der Waals surface area contributed by atoms with E-state index < -0.39 is 17.4 Å². The molecule has 3 aromatic carbocycles. The molecule has 3 aromatic rings. The fourth-order valence-corrected chi connectivity index (χ4v) is 6.00. The number of hydrogen-bond donors (Lipinski definition) is 1. The first-order valence-corrected chi connectivity index (χ1v) is 11.0. The highest BCUT2D eigenvalue weighted by atomic mass is 16.2. The third-order valence-electron chi connectivity index (χ3n) is 7.27. The zero-order valence-corrected chi connectivity index (χ0v) is 18.0. The quantitative estimate of drug-likeness (QED) is 0.497. The normalized spacial score (nSPS) is 28.0. The lowest BCUT2D eigenvalue weighted by Gasteiger charge is -2.30. The predicted octanol–water partition coefficient (Wildman–Crippen LogP) is 2.81. The minimum atomic E-state index is -1.32. The van der Waals surface area contributed by atoms with Gasteiger partial charge in [-0.05, 0) is 24.4 Å². The SMILES string of the molecule is C#CCN1C(=O)[C@]2(N[C@H](C)[C@@H]3C(=O)N(c4cccc5ccccc45)C(=O)[C@H]32)c2ccccc21. The number of fused-ring (bicyclic) bond motifs is 5. The monoisotopic (exact) mass is 435 g/mol. The van der Waals surface area contributed by atoms with Gasteiger partial charge in [-0.1, -0.05) is 60.5 Å². The van der Waals surface area contributed by atoms with Gasteiger partial charge < -0.3 is 0 Å². The van der Waals surface area contributed by atoms with E-state index in [1.165, 1.54) is 9.80 Å². The van der Waals surface area contributed by atoms with Crippen molar-refractivity contribution >= 4 is 39.9 Å². The molecule has 162 valence electrons. The molecule has 3 heterocycles. The van der Waals surface area contributed by atoms with Crippen LogP contribution in [0.25, 0.3) is 10.8 Å². The molecule has 0 aromatic heterocycles.